The topological polar surface area (TPSA) is 12.0 Å². The Morgan fingerprint density at radius 2 is 1.55 bits per heavy atom. The second-order valence-electron chi connectivity index (χ2n) is 6.06. The highest BCUT2D eigenvalue weighted by atomic mass is 14.9. The molecule has 108 valence electrons. The van der Waals surface area contributed by atoms with Crippen LogP contribution in [0.15, 0.2) is 72.7 Å². The first kappa shape index (κ1) is 8.79. The molecule has 3 aromatic rings. The monoisotopic (exact) mass is 290 g/mol. The first-order valence-corrected chi connectivity index (χ1v) is 7.32. The molecule has 0 saturated heterocycles. The van der Waals surface area contributed by atoms with Crippen molar-refractivity contribution >= 4 is 11.4 Å². The molecule has 0 aliphatic heterocycles. The van der Waals surface area contributed by atoms with E-state index >= 15 is 0 Å². The summed E-state index contributed by atoms with van der Waals surface area (Å²) in [4.78, 5) is 0. The molecular weight excluding hydrogens is 266 g/mol. The summed E-state index contributed by atoms with van der Waals surface area (Å²) in [5, 5.41) is 3.05. The van der Waals surface area contributed by atoms with Gasteiger partial charge in [-0.15, -0.1) is 0 Å². The van der Waals surface area contributed by atoms with Crippen LogP contribution in [0, 0.1) is 0 Å². The van der Waals surface area contributed by atoms with E-state index in [2.05, 4.69) is 31.3 Å². The fraction of sp³-hybridized carbons (Fsp3) is 0.143. The molecule has 3 aromatic carbocycles. The Kier molecular flexibility index (Phi) is 1.89. The highest BCUT2D eigenvalue weighted by molar-refractivity contribution is 5.82. The molecule has 0 saturated carbocycles. The molecule has 0 bridgehead atoms. The number of rotatable bonds is 2. The molecule has 0 spiro atoms. The van der Waals surface area contributed by atoms with Crippen molar-refractivity contribution in [3.63, 3.8) is 0 Å². The van der Waals surface area contributed by atoms with Crippen LogP contribution >= 0.6 is 0 Å². The summed E-state index contributed by atoms with van der Waals surface area (Å²) in [6, 6.07) is 12.7. The first-order valence-electron chi connectivity index (χ1n) is 9.82. The third-order valence-corrected chi connectivity index (χ3v) is 4.35. The SMILES string of the molecule is [2H]c1c([2H])c([2H])c(Nc2ccc3c(c2)C(C)(C)c2ccccc2-3)c([2H])c1[2H]. The molecule has 0 fully saturated rings. The summed E-state index contributed by atoms with van der Waals surface area (Å²) in [5.74, 6) is 0. The van der Waals surface area contributed by atoms with Crippen molar-refractivity contribution in [2.75, 3.05) is 5.32 Å². The zero-order valence-electron chi connectivity index (χ0n) is 17.5. The van der Waals surface area contributed by atoms with Gasteiger partial charge in [0.15, 0.2) is 0 Å². The van der Waals surface area contributed by atoms with Gasteiger partial charge in [0.2, 0.25) is 0 Å². The largest absolute Gasteiger partial charge is 0.356 e. The van der Waals surface area contributed by atoms with Gasteiger partial charge in [0.25, 0.3) is 0 Å². The van der Waals surface area contributed by atoms with Gasteiger partial charge in [-0.1, -0.05) is 62.3 Å². The normalized spacial score (nSPS) is 17.5. The number of hydrogen-bond acceptors (Lipinski definition) is 1. The van der Waals surface area contributed by atoms with Crippen LogP contribution in [0.25, 0.3) is 11.1 Å². The molecule has 1 aliphatic carbocycles. The van der Waals surface area contributed by atoms with Gasteiger partial charge in [0.05, 0.1) is 6.85 Å². The van der Waals surface area contributed by atoms with E-state index < -0.39 is 0 Å². The average molecular weight is 290 g/mol. The van der Waals surface area contributed by atoms with Crippen molar-refractivity contribution in [3.8, 4) is 11.1 Å². The molecule has 4 rings (SSSR count). The second kappa shape index (κ2) is 4.74. The Bertz CT molecular complexity index is 1060. The van der Waals surface area contributed by atoms with Crippen LogP contribution in [0.5, 0.6) is 0 Å². The predicted molar refractivity (Wildman–Crippen MR) is 93.7 cm³/mol. The molecule has 0 aromatic heterocycles. The lowest BCUT2D eigenvalue weighted by Gasteiger charge is -2.22. The number of para-hydroxylation sites is 1. The standard InChI is InChI=1S/C21H19N/c1-21(2)19-11-7-6-10-17(19)18-13-12-16(14-20(18)21)22-15-8-4-3-5-9-15/h3-14,22H,1-2H3/i3D,4D,5D,8D,9D. The molecular formula is C21H19N. The first-order chi connectivity index (χ1) is 12.7. The Morgan fingerprint density at radius 1 is 0.818 bits per heavy atom. The van der Waals surface area contributed by atoms with Crippen LogP contribution in [-0.2, 0) is 5.41 Å². The minimum absolute atomic E-state index is 0.0919. The zero-order chi connectivity index (χ0) is 19.5. The van der Waals surface area contributed by atoms with Gasteiger partial charge >= 0.3 is 0 Å². The summed E-state index contributed by atoms with van der Waals surface area (Å²) >= 11 is 0. The predicted octanol–water partition coefficient (Wildman–Crippen LogP) is 5.74. The quantitative estimate of drug-likeness (QED) is 0.635. The molecule has 1 aliphatic rings. The van der Waals surface area contributed by atoms with Crippen LogP contribution in [-0.4, -0.2) is 0 Å². The van der Waals surface area contributed by atoms with Crippen LogP contribution in [0.2, 0.25) is 0 Å². The van der Waals surface area contributed by atoms with Crippen LogP contribution < -0.4 is 5.32 Å². The molecule has 1 heteroatoms. The van der Waals surface area contributed by atoms with Crippen molar-refractivity contribution in [1.29, 1.82) is 0 Å². The van der Waals surface area contributed by atoms with Crippen molar-refractivity contribution in [1.82, 2.24) is 0 Å². The van der Waals surface area contributed by atoms with E-state index in [9.17, 15) is 0 Å². The Morgan fingerprint density at radius 3 is 2.36 bits per heavy atom. The number of hydrogen-bond donors (Lipinski definition) is 1. The molecule has 22 heavy (non-hydrogen) atoms. The lowest BCUT2D eigenvalue weighted by atomic mass is 9.82. The van der Waals surface area contributed by atoms with E-state index in [0.717, 1.165) is 5.56 Å². The van der Waals surface area contributed by atoms with E-state index in [0.29, 0.717) is 5.69 Å². The zero-order valence-corrected chi connectivity index (χ0v) is 12.5. The Labute approximate surface area is 138 Å². The highest BCUT2D eigenvalue weighted by Crippen LogP contribution is 2.49. The van der Waals surface area contributed by atoms with Crippen molar-refractivity contribution in [2.24, 2.45) is 0 Å². The number of benzene rings is 3. The molecule has 0 unspecified atom stereocenters. The van der Waals surface area contributed by atoms with Gasteiger partial charge in [-0.25, -0.2) is 0 Å². The fourth-order valence-electron chi connectivity index (χ4n) is 3.24. The van der Waals surface area contributed by atoms with Crippen LogP contribution in [0.3, 0.4) is 0 Å². The molecule has 0 heterocycles. The summed E-state index contributed by atoms with van der Waals surface area (Å²) in [6.07, 6.45) is 0. The maximum atomic E-state index is 8.09. The third kappa shape index (κ3) is 1.93. The lowest BCUT2D eigenvalue weighted by molar-refractivity contribution is 0.660. The minimum atomic E-state index is -0.388. The van der Waals surface area contributed by atoms with E-state index in [1.165, 1.54) is 16.7 Å². The molecule has 0 amide bonds. The van der Waals surface area contributed by atoms with Gasteiger partial charge in [-0.3, -0.25) is 0 Å². The summed E-state index contributed by atoms with van der Waals surface area (Å²) in [7, 11) is 0. The molecule has 1 N–H and O–H groups in total. The summed E-state index contributed by atoms with van der Waals surface area (Å²) in [6.45, 7) is 4.35. The number of fused-ring (bicyclic) bond motifs is 3. The number of nitrogens with one attached hydrogen (secondary N) is 1. The Hall–Kier alpha value is -2.54. The van der Waals surface area contributed by atoms with Crippen molar-refractivity contribution in [2.45, 2.75) is 19.3 Å². The second-order valence-corrected chi connectivity index (χ2v) is 6.06. The Balaban J connectivity index is 1.81. The molecule has 0 radical (unpaired) electrons. The summed E-state index contributed by atoms with van der Waals surface area (Å²) < 4.78 is 39.5. The molecule has 0 atom stereocenters. The van der Waals surface area contributed by atoms with Crippen LogP contribution in [0.4, 0.5) is 11.4 Å². The van der Waals surface area contributed by atoms with Crippen molar-refractivity contribution < 1.29 is 6.85 Å². The maximum Gasteiger partial charge on any atom is 0.0645 e. The number of anilines is 2. The summed E-state index contributed by atoms with van der Waals surface area (Å²) in [5.41, 5.74) is 5.43. The molecule has 1 nitrogen and oxygen atoms in total. The third-order valence-electron chi connectivity index (χ3n) is 4.35. The maximum absolute atomic E-state index is 8.09. The average Bonchev–Trinajstić information content (AvgIpc) is 2.90. The van der Waals surface area contributed by atoms with Gasteiger partial charge in [0, 0.05) is 16.8 Å². The fourth-order valence-corrected chi connectivity index (χ4v) is 3.24. The highest BCUT2D eigenvalue weighted by Gasteiger charge is 2.35. The van der Waals surface area contributed by atoms with Gasteiger partial charge in [-0.2, -0.15) is 0 Å². The van der Waals surface area contributed by atoms with Crippen LogP contribution in [0.1, 0.15) is 31.8 Å². The van der Waals surface area contributed by atoms with E-state index in [-0.39, 0.29) is 41.3 Å². The van der Waals surface area contributed by atoms with E-state index in [1.807, 2.05) is 30.3 Å². The lowest BCUT2D eigenvalue weighted by Crippen LogP contribution is -2.15. The minimum Gasteiger partial charge on any atom is -0.356 e. The smallest absolute Gasteiger partial charge is 0.0645 e. The van der Waals surface area contributed by atoms with E-state index in [1.54, 1.807) is 0 Å². The van der Waals surface area contributed by atoms with Gasteiger partial charge < -0.3 is 5.32 Å². The van der Waals surface area contributed by atoms with Gasteiger partial charge in [-0.05, 0) is 46.5 Å². The van der Waals surface area contributed by atoms with E-state index in [4.69, 9.17) is 6.85 Å². The van der Waals surface area contributed by atoms with Crippen molar-refractivity contribution in [3.05, 3.63) is 83.8 Å². The van der Waals surface area contributed by atoms with Gasteiger partial charge in [0.1, 0.15) is 0 Å².